The largest absolute Gasteiger partial charge is 0.333 e. The highest BCUT2D eigenvalue weighted by atomic mass is 31.2. The Bertz CT molecular complexity index is 447. The molecule has 7 nitrogen and oxygen atoms in total. The van der Waals surface area contributed by atoms with Crippen molar-refractivity contribution in [2.75, 3.05) is 6.54 Å². The SMILES string of the molecule is CC(=O)N(O)CC[C@H](c1ccncc1)P(=O)(O)O. The van der Waals surface area contributed by atoms with E-state index in [1.54, 1.807) is 0 Å². The van der Waals surface area contributed by atoms with Gasteiger partial charge in [0, 0.05) is 25.9 Å². The van der Waals surface area contributed by atoms with Gasteiger partial charge in [-0.3, -0.25) is 19.6 Å². The first-order valence-electron chi connectivity index (χ1n) is 5.24. The van der Waals surface area contributed by atoms with Gasteiger partial charge in [-0.25, -0.2) is 5.06 Å². The zero-order valence-corrected chi connectivity index (χ0v) is 10.7. The molecule has 0 unspecified atom stereocenters. The molecule has 18 heavy (non-hydrogen) atoms. The molecular weight excluding hydrogens is 259 g/mol. The topological polar surface area (TPSA) is 111 Å². The zero-order valence-electron chi connectivity index (χ0n) is 9.80. The summed E-state index contributed by atoms with van der Waals surface area (Å²) in [5.41, 5.74) is -0.634. The third kappa shape index (κ3) is 4.19. The van der Waals surface area contributed by atoms with Gasteiger partial charge in [-0.2, -0.15) is 0 Å². The van der Waals surface area contributed by atoms with Crippen LogP contribution < -0.4 is 0 Å². The van der Waals surface area contributed by atoms with Gasteiger partial charge in [0.05, 0.1) is 5.66 Å². The van der Waals surface area contributed by atoms with Crippen molar-refractivity contribution in [3.05, 3.63) is 30.1 Å². The number of carbonyl (C=O) groups is 1. The van der Waals surface area contributed by atoms with Gasteiger partial charge in [-0.05, 0) is 24.1 Å². The van der Waals surface area contributed by atoms with Crippen LogP contribution in [0.3, 0.4) is 0 Å². The molecule has 0 saturated carbocycles. The van der Waals surface area contributed by atoms with E-state index >= 15 is 0 Å². The standard InChI is InChI=1S/C10H15N2O5P/c1-8(13)12(14)7-4-10(18(15,16)17)9-2-5-11-6-3-9/h2-3,5-6,10,14H,4,7H2,1H3,(H2,15,16,17)/t10-/m1/s1. The maximum atomic E-state index is 11.4. The summed E-state index contributed by atoms with van der Waals surface area (Å²) in [4.78, 5) is 33.2. The second kappa shape index (κ2) is 6.06. The molecule has 0 bridgehead atoms. The molecule has 0 spiro atoms. The van der Waals surface area contributed by atoms with Gasteiger partial charge in [0.25, 0.3) is 0 Å². The Labute approximate surface area is 104 Å². The lowest BCUT2D eigenvalue weighted by Gasteiger charge is -2.21. The van der Waals surface area contributed by atoms with Gasteiger partial charge in [0.1, 0.15) is 0 Å². The van der Waals surface area contributed by atoms with Crippen LogP contribution >= 0.6 is 7.60 Å². The van der Waals surface area contributed by atoms with Gasteiger partial charge in [0.2, 0.25) is 5.91 Å². The van der Waals surface area contributed by atoms with Crippen LogP contribution in [0.2, 0.25) is 0 Å². The van der Waals surface area contributed by atoms with Crippen LogP contribution in [0, 0.1) is 0 Å². The molecule has 0 radical (unpaired) electrons. The first-order chi connectivity index (χ1) is 8.32. The minimum atomic E-state index is -4.36. The van der Waals surface area contributed by atoms with E-state index in [1.807, 2.05) is 0 Å². The van der Waals surface area contributed by atoms with Gasteiger partial charge in [-0.1, -0.05) is 0 Å². The molecule has 0 aliphatic carbocycles. The number of carbonyl (C=O) groups excluding carboxylic acids is 1. The molecule has 8 heteroatoms. The number of pyridine rings is 1. The number of nitrogens with zero attached hydrogens (tertiary/aromatic N) is 2. The zero-order chi connectivity index (χ0) is 13.8. The van der Waals surface area contributed by atoms with Gasteiger partial charge >= 0.3 is 7.60 Å². The van der Waals surface area contributed by atoms with Crippen molar-refractivity contribution >= 4 is 13.5 Å². The molecule has 0 aromatic carbocycles. The number of aromatic nitrogens is 1. The second-order valence-corrected chi connectivity index (χ2v) is 5.62. The summed E-state index contributed by atoms with van der Waals surface area (Å²) in [5.74, 6) is -0.575. The Hall–Kier alpha value is -1.27. The molecule has 1 aromatic rings. The van der Waals surface area contributed by atoms with Crippen LogP contribution in [0.4, 0.5) is 0 Å². The molecule has 1 rings (SSSR count). The van der Waals surface area contributed by atoms with Crippen LogP contribution in [-0.2, 0) is 9.36 Å². The van der Waals surface area contributed by atoms with Crippen molar-refractivity contribution in [3.63, 3.8) is 0 Å². The number of amides is 1. The Morgan fingerprint density at radius 1 is 1.44 bits per heavy atom. The Morgan fingerprint density at radius 3 is 2.44 bits per heavy atom. The summed E-state index contributed by atoms with van der Waals surface area (Å²) in [6.45, 7) is 1.02. The number of hydroxylamine groups is 2. The van der Waals surface area contributed by atoms with E-state index in [0.717, 1.165) is 0 Å². The van der Waals surface area contributed by atoms with Crippen LogP contribution in [0.15, 0.2) is 24.5 Å². The first kappa shape index (κ1) is 14.8. The number of rotatable bonds is 5. The molecule has 1 amide bonds. The predicted molar refractivity (Wildman–Crippen MR) is 62.8 cm³/mol. The predicted octanol–water partition coefficient (Wildman–Crippen LogP) is 0.928. The number of hydrogen-bond donors (Lipinski definition) is 3. The monoisotopic (exact) mass is 274 g/mol. The lowest BCUT2D eigenvalue weighted by Crippen LogP contribution is -2.26. The molecule has 0 aliphatic rings. The van der Waals surface area contributed by atoms with E-state index in [-0.39, 0.29) is 13.0 Å². The molecule has 3 N–H and O–H groups in total. The van der Waals surface area contributed by atoms with E-state index in [2.05, 4.69) is 4.98 Å². The molecule has 0 fully saturated rings. The maximum Gasteiger partial charge on any atom is 0.333 e. The summed E-state index contributed by atoms with van der Waals surface area (Å²) >= 11 is 0. The fourth-order valence-corrected chi connectivity index (χ4v) is 2.53. The fourth-order valence-electron chi connectivity index (χ4n) is 1.52. The van der Waals surface area contributed by atoms with Gasteiger partial charge < -0.3 is 9.79 Å². The Morgan fingerprint density at radius 2 is 2.00 bits per heavy atom. The molecule has 1 atom stereocenters. The summed E-state index contributed by atoms with van der Waals surface area (Å²) in [5, 5.41) is 9.64. The third-order valence-electron chi connectivity index (χ3n) is 2.47. The minimum Gasteiger partial charge on any atom is -0.324 e. The normalized spacial score (nSPS) is 13.1. The molecule has 0 aliphatic heterocycles. The summed E-state index contributed by atoms with van der Waals surface area (Å²) in [7, 11) is -4.36. The van der Waals surface area contributed by atoms with Crippen LogP contribution in [-0.4, -0.2) is 37.5 Å². The highest BCUT2D eigenvalue weighted by Crippen LogP contribution is 2.53. The first-order valence-corrected chi connectivity index (χ1v) is 6.92. The van der Waals surface area contributed by atoms with E-state index in [0.29, 0.717) is 10.6 Å². The Balaban J connectivity index is 2.82. The average Bonchev–Trinajstić information content (AvgIpc) is 2.28. The van der Waals surface area contributed by atoms with Crippen molar-refractivity contribution in [1.82, 2.24) is 10.0 Å². The quantitative estimate of drug-likeness (QED) is 0.418. The van der Waals surface area contributed by atoms with E-state index in [1.165, 1.54) is 31.5 Å². The van der Waals surface area contributed by atoms with Gasteiger partial charge in [-0.15, -0.1) is 0 Å². The highest BCUT2D eigenvalue weighted by Gasteiger charge is 2.30. The fraction of sp³-hybridized carbons (Fsp3) is 0.400. The van der Waals surface area contributed by atoms with Crippen LogP contribution in [0.1, 0.15) is 24.6 Å². The molecule has 1 heterocycles. The van der Waals surface area contributed by atoms with Crippen molar-refractivity contribution in [1.29, 1.82) is 0 Å². The highest BCUT2D eigenvalue weighted by molar-refractivity contribution is 7.52. The summed E-state index contributed by atoms with van der Waals surface area (Å²) in [6.07, 6.45) is 2.82. The van der Waals surface area contributed by atoms with Crippen molar-refractivity contribution in [2.24, 2.45) is 0 Å². The van der Waals surface area contributed by atoms with Gasteiger partial charge in [0.15, 0.2) is 0 Å². The maximum absolute atomic E-state index is 11.4. The van der Waals surface area contributed by atoms with Crippen LogP contribution in [0.25, 0.3) is 0 Å². The lowest BCUT2D eigenvalue weighted by atomic mass is 10.1. The number of hydrogen-bond acceptors (Lipinski definition) is 4. The van der Waals surface area contributed by atoms with Crippen LogP contribution in [0.5, 0.6) is 0 Å². The second-order valence-electron chi connectivity index (χ2n) is 3.82. The molecular formula is C10H15N2O5P. The molecule has 1 aromatic heterocycles. The van der Waals surface area contributed by atoms with E-state index < -0.39 is 19.2 Å². The molecule has 0 saturated heterocycles. The third-order valence-corrected chi connectivity index (χ3v) is 3.84. The minimum absolute atomic E-state index is 0.0373. The smallest absolute Gasteiger partial charge is 0.324 e. The Kier molecular flexibility index (Phi) is 4.98. The van der Waals surface area contributed by atoms with Crippen molar-refractivity contribution in [3.8, 4) is 0 Å². The van der Waals surface area contributed by atoms with Crippen molar-refractivity contribution in [2.45, 2.75) is 19.0 Å². The molecule has 100 valence electrons. The summed E-state index contributed by atoms with van der Waals surface area (Å²) in [6, 6.07) is 3.00. The van der Waals surface area contributed by atoms with Crippen molar-refractivity contribution < 1.29 is 24.4 Å². The average molecular weight is 274 g/mol. The summed E-state index contributed by atoms with van der Waals surface area (Å²) < 4.78 is 11.4. The lowest BCUT2D eigenvalue weighted by molar-refractivity contribution is -0.162. The van der Waals surface area contributed by atoms with E-state index in [4.69, 9.17) is 0 Å². The van der Waals surface area contributed by atoms with E-state index in [9.17, 15) is 24.4 Å².